The van der Waals surface area contributed by atoms with Crippen molar-refractivity contribution in [2.45, 2.75) is 111 Å². The number of esters is 6. The lowest BCUT2D eigenvalue weighted by atomic mass is 9.88. The van der Waals surface area contributed by atoms with Gasteiger partial charge >= 0.3 is 35.8 Å². The fourth-order valence-corrected chi connectivity index (χ4v) is 6.30. The Kier molecular flexibility index (Phi) is 22.2. The van der Waals surface area contributed by atoms with Crippen LogP contribution in [0.4, 0.5) is 0 Å². The molecule has 27 heteroatoms. The Bertz CT molecular complexity index is 1700. The average Bonchev–Trinajstić information content (AvgIpc) is 3.32. The van der Waals surface area contributed by atoms with Gasteiger partial charge in [0, 0.05) is 34.4 Å². The molecule has 0 atom stereocenters. The van der Waals surface area contributed by atoms with Crippen LogP contribution in [0.5, 0.6) is 0 Å². The number of hydrogen-bond acceptors (Lipinski definition) is 21. The molecular formula is C42H65N9O18. The Hall–Kier alpha value is -5.49. The van der Waals surface area contributed by atoms with Crippen LogP contribution in [0.25, 0.3) is 31.3 Å². The van der Waals surface area contributed by atoms with Gasteiger partial charge in [-0.2, -0.15) is 0 Å². The Morgan fingerprint density at radius 2 is 0.652 bits per heavy atom. The molecule has 0 saturated carbocycles. The molecule has 69 heavy (non-hydrogen) atoms. The lowest BCUT2D eigenvalue weighted by Gasteiger charge is -2.42. The fraction of sp³-hybridized carbons (Fsp3) is 0.857. The molecule has 27 nitrogen and oxygen atoms in total. The number of hydrogen-bond donors (Lipinski definition) is 0. The molecule has 0 unspecified atom stereocenters. The molecule has 0 amide bonds. The Labute approximate surface area is 398 Å². The van der Waals surface area contributed by atoms with E-state index < -0.39 is 133 Å². The minimum absolute atomic E-state index is 0.0757. The van der Waals surface area contributed by atoms with Crippen molar-refractivity contribution in [3.05, 3.63) is 31.3 Å². The topological polar surface area (TPSA) is 359 Å². The van der Waals surface area contributed by atoms with Crippen LogP contribution >= 0.6 is 0 Å². The van der Waals surface area contributed by atoms with E-state index in [1.54, 1.807) is 48.5 Å². The second-order valence-electron chi connectivity index (χ2n) is 18.9. The summed E-state index contributed by atoms with van der Waals surface area (Å²) in [4.78, 5) is 85.4. The first-order valence-electron chi connectivity index (χ1n) is 22.3. The molecule has 0 aromatic carbocycles. The fourth-order valence-electron chi connectivity index (χ4n) is 6.30. The Morgan fingerprint density at radius 1 is 0.435 bits per heavy atom. The quantitative estimate of drug-likeness (QED) is 0.0319. The Balaban J connectivity index is 1.59. The van der Waals surface area contributed by atoms with Crippen LogP contribution in [0.1, 0.15) is 93.4 Å². The maximum absolute atomic E-state index is 13.0. The van der Waals surface area contributed by atoms with E-state index in [4.69, 9.17) is 73.4 Å². The van der Waals surface area contributed by atoms with E-state index in [-0.39, 0.29) is 85.5 Å². The van der Waals surface area contributed by atoms with E-state index in [9.17, 15) is 28.8 Å². The van der Waals surface area contributed by atoms with Crippen molar-refractivity contribution in [3.63, 3.8) is 0 Å². The highest BCUT2D eigenvalue weighted by Gasteiger charge is 2.44. The zero-order valence-corrected chi connectivity index (χ0v) is 40.4. The third kappa shape index (κ3) is 20.6. The molecule has 0 N–H and O–H groups in total. The summed E-state index contributed by atoms with van der Waals surface area (Å²) < 4.78 is 66.8. The van der Waals surface area contributed by atoms with Crippen LogP contribution in [0.3, 0.4) is 0 Å². The molecule has 0 bridgehead atoms. The number of ether oxygens (including phenoxy) is 12. The second kappa shape index (κ2) is 26.5. The van der Waals surface area contributed by atoms with Crippen molar-refractivity contribution in [1.82, 2.24) is 0 Å². The molecule has 0 aliphatic carbocycles. The highest BCUT2D eigenvalue weighted by Crippen LogP contribution is 2.34. The van der Waals surface area contributed by atoms with Crippen LogP contribution in [-0.2, 0) is 85.6 Å². The molecular weight excluding hydrogens is 919 g/mol. The van der Waals surface area contributed by atoms with Gasteiger partial charge in [0.05, 0.1) is 99.8 Å². The smallest absolute Gasteiger partial charge is 0.306 e. The average molecular weight is 984 g/mol. The van der Waals surface area contributed by atoms with Gasteiger partial charge in [0.1, 0.15) is 39.6 Å². The summed E-state index contributed by atoms with van der Waals surface area (Å²) in [6.07, 6.45) is -2.34. The lowest BCUT2D eigenvalue weighted by Crippen LogP contribution is -2.50. The van der Waals surface area contributed by atoms with Gasteiger partial charge in [-0.1, -0.05) is 22.3 Å². The van der Waals surface area contributed by atoms with Crippen molar-refractivity contribution in [3.8, 4) is 0 Å². The van der Waals surface area contributed by atoms with Crippen molar-refractivity contribution < 1.29 is 85.6 Å². The standard InChI is InChI=1S/C42H65N9O18/c1-8-39(18-58-30(52)9-12-33(55)61-21-40(15-46-49-43)24-64-36(2,3)65-25-40,19-59-31(53)10-13-34(56)62-22-41(16-47-50-44)26-66-37(4,5)67-27-41)20-60-32(54)11-14-35(57)63-23-42(17-48-51-45)28-68-38(6,7)69-29-42/h8-29H2,1-7H3. The maximum atomic E-state index is 13.0. The van der Waals surface area contributed by atoms with Crippen LogP contribution in [0.2, 0.25) is 0 Å². The number of carbonyl (C=O) groups is 6. The first-order valence-corrected chi connectivity index (χ1v) is 22.3. The van der Waals surface area contributed by atoms with Crippen molar-refractivity contribution >= 4 is 35.8 Å². The molecule has 0 aromatic heterocycles. The summed E-state index contributed by atoms with van der Waals surface area (Å²) in [5, 5.41) is 10.8. The number of rotatable bonds is 28. The van der Waals surface area contributed by atoms with Crippen molar-refractivity contribution in [1.29, 1.82) is 0 Å². The minimum atomic E-state index is -1.34. The first kappa shape index (κ1) is 57.8. The number of azide groups is 3. The van der Waals surface area contributed by atoms with Crippen molar-refractivity contribution in [2.24, 2.45) is 37.0 Å². The van der Waals surface area contributed by atoms with Gasteiger partial charge in [0.15, 0.2) is 17.4 Å². The molecule has 3 heterocycles. The molecule has 3 saturated heterocycles. The summed E-state index contributed by atoms with van der Waals surface area (Å²) in [5.74, 6) is -7.47. The van der Waals surface area contributed by atoms with E-state index in [1.165, 1.54) is 0 Å². The molecule has 0 radical (unpaired) electrons. The summed E-state index contributed by atoms with van der Waals surface area (Å²) >= 11 is 0. The first-order chi connectivity index (χ1) is 32.5. The van der Waals surface area contributed by atoms with Gasteiger partial charge in [-0.15, -0.1) is 0 Å². The highest BCUT2D eigenvalue weighted by molar-refractivity contribution is 5.79. The van der Waals surface area contributed by atoms with Gasteiger partial charge in [0.2, 0.25) is 0 Å². The van der Waals surface area contributed by atoms with Crippen molar-refractivity contribution in [2.75, 3.05) is 98.9 Å². The molecule has 3 rings (SSSR count). The molecule has 3 fully saturated rings. The Morgan fingerprint density at radius 3 is 0.855 bits per heavy atom. The van der Waals surface area contributed by atoms with E-state index in [0.717, 1.165) is 0 Å². The third-order valence-corrected chi connectivity index (χ3v) is 11.3. The summed E-state index contributed by atoms with van der Waals surface area (Å²) in [6.45, 7) is 10.1. The largest absolute Gasteiger partial charge is 0.465 e. The molecule has 3 aliphatic heterocycles. The van der Waals surface area contributed by atoms with Crippen LogP contribution in [0, 0.1) is 21.7 Å². The third-order valence-electron chi connectivity index (χ3n) is 11.3. The maximum Gasteiger partial charge on any atom is 0.306 e. The lowest BCUT2D eigenvalue weighted by molar-refractivity contribution is -0.289. The van der Waals surface area contributed by atoms with E-state index >= 15 is 0 Å². The van der Waals surface area contributed by atoms with Gasteiger partial charge in [-0.05, 0) is 64.6 Å². The van der Waals surface area contributed by atoms with Crippen LogP contribution < -0.4 is 0 Å². The highest BCUT2D eigenvalue weighted by atomic mass is 16.7. The molecule has 386 valence electrons. The van der Waals surface area contributed by atoms with E-state index in [0.29, 0.717) is 0 Å². The summed E-state index contributed by atoms with van der Waals surface area (Å²) in [6, 6.07) is 0. The van der Waals surface area contributed by atoms with Crippen LogP contribution in [0.15, 0.2) is 15.3 Å². The number of carbonyl (C=O) groups excluding carboxylic acids is 6. The van der Waals surface area contributed by atoms with Gasteiger partial charge in [-0.3, -0.25) is 28.8 Å². The predicted molar refractivity (Wildman–Crippen MR) is 233 cm³/mol. The molecule has 0 aromatic rings. The van der Waals surface area contributed by atoms with Gasteiger partial charge in [0.25, 0.3) is 0 Å². The summed E-state index contributed by atoms with van der Waals surface area (Å²) in [5.41, 5.74) is 22.4. The SMILES string of the molecule is CCC(COC(=O)CCC(=O)OCC1(CN=[N+]=[N-])COC(C)(C)OC1)(COC(=O)CCC(=O)OCC1(CN=[N+]=[N-])COC(C)(C)OC1)COC(=O)CCC(=O)OCC1(CN=[N+]=[N-])COC(C)(C)OC1. The zero-order valence-electron chi connectivity index (χ0n) is 40.4. The number of nitrogens with zero attached hydrogens (tertiary/aromatic N) is 9. The van der Waals surface area contributed by atoms with Crippen LogP contribution in [-0.4, -0.2) is 152 Å². The summed E-state index contributed by atoms with van der Waals surface area (Å²) in [7, 11) is 0. The monoisotopic (exact) mass is 983 g/mol. The normalized spacial score (nSPS) is 20.0. The molecule has 3 aliphatic rings. The van der Waals surface area contributed by atoms with E-state index in [2.05, 4.69) is 30.1 Å². The van der Waals surface area contributed by atoms with E-state index in [1.807, 2.05) is 0 Å². The predicted octanol–water partition coefficient (Wildman–Crippen LogP) is 5.22. The molecule has 0 spiro atoms. The van der Waals surface area contributed by atoms with Gasteiger partial charge < -0.3 is 56.8 Å². The zero-order chi connectivity index (χ0) is 51.2. The minimum Gasteiger partial charge on any atom is -0.465 e. The second-order valence-corrected chi connectivity index (χ2v) is 18.9. The van der Waals surface area contributed by atoms with Gasteiger partial charge in [-0.25, -0.2) is 0 Å².